The highest BCUT2D eigenvalue weighted by Gasteiger charge is 2.53. The monoisotopic (exact) mass is 456 g/mol. The number of carboxylic acids is 1. The molecular weight excluding hydrogens is 428 g/mol. The molecule has 0 amide bonds. The van der Waals surface area contributed by atoms with Gasteiger partial charge in [0.05, 0.1) is 26.7 Å². The second-order valence-corrected chi connectivity index (χ2v) is 9.38. The molecular formula is C25H28O6S. The van der Waals surface area contributed by atoms with E-state index < -0.39 is 11.9 Å². The van der Waals surface area contributed by atoms with Crippen LogP contribution in [-0.2, 0) is 11.2 Å². The van der Waals surface area contributed by atoms with Crippen molar-refractivity contribution in [3.8, 4) is 28.4 Å². The average Bonchev–Trinajstić information content (AvgIpc) is 3.50. The Kier molecular flexibility index (Phi) is 6.38. The number of ketones is 1. The van der Waals surface area contributed by atoms with E-state index in [9.17, 15) is 14.7 Å². The fourth-order valence-electron chi connectivity index (χ4n) is 4.54. The molecule has 2 aromatic rings. The molecule has 7 heteroatoms. The Morgan fingerprint density at radius 1 is 1.09 bits per heavy atom. The van der Waals surface area contributed by atoms with Gasteiger partial charge in [0, 0.05) is 28.7 Å². The summed E-state index contributed by atoms with van der Waals surface area (Å²) < 4.78 is 17.5. The topological polar surface area (TPSA) is 82.1 Å². The van der Waals surface area contributed by atoms with Gasteiger partial charge in [-0.1, -0.05) is 18.2 Å². The van der Waals surface area contributed by atoms with Gasteiger partial charge in [0.1, 0.15) is 0 Å². The summed E-state index contributed by atoms with van der Waals surface area (Å²) in [5.74, 6) is 1.07. The predicted octanol–water partition coefficient (Wildman–Crippen LogP) is 4.72. The highest BCUT2D eigenvalue weighted by atomic mass is 32.2. The van der Waals surface area contributed by atoms with Crippen molar-refractivity contribution in [1.29, 1.82) is 0 Å². The van der Waals surface area contributed by atoms with Crippen molar-refractivity contribution in [2.75, 3.05) is 32.8 Å². The van der Waals surface area contributed by atoms with Crippen LogP contribution in [0.15, 0.2) is 30.3 Å². The summed E-state index contributed by atoms with van der Waals surface area (Å²) in [6.07, 6.45) is 4.86. The molecule has 1 N–H and O–H groups in total. The molecule has 32 heavy (non-hydrogen) atoms. The SMILES string of the molecule is COc1ccc(-c2ccc3c(c2)CCC3=O)c(OCC2(C(CSC)C(=O)O)CC2)c1OC. The second-order valence-electron chi connectivity index (χ2n) is 8.47. The lowest BCUT2D eigenvalue weighted by Gasteiger charge is -2.25. The van der Waals surface area contributed by atoms with E-state index in [0.717, 1.165) is 41.5 Å². The van der Waals surface area contributed by atoms with Crippen molar-refractivity contribution >= 4 is 23.5 Å². The number of hydrogen-bond acceptors (Lipinski definition) is 6. The van der Waals surface area contributed by atoms with Gasteiger partial charge in [-0.25, -0.2) is 0 Å². The zero-order valence-corrected chi connectivity index (χ0v) is 19.4. The number of Topliss-reactive ketones (excluding diaryl/α,β-unsaturated/α-hetero) is 1. The van der Waals surface area contributed by atoms with Gasteiger partial charge in [0.15, 0.2) is 17.3 Å². The van der Waals surface area contributed by atoms with Crippen LogP contribution in [-0.4, -0.2) is 49.7 Å². The Bertz CT molecular complexity index is 1040. The van der Waals surface area contributed by atoms with Gasteiger partial charge in [0.2, 0.25) is 5.75 Å². The minimum absolute atomic E-state index is 0.180. The highest BCUT2D eigenvalue weighted by Crippen LogP contribution is 2.54. The number of methoxy groups -OCH3 is 2. The fraction of sp³-hybridized carbons (Fsp3) is 0.440. The molecule has 0 saturated heterocycles. The smallest absolute Gasteiger partial charge is 0.308 e. The van der Waals surface area contributed by atoms with Crippen LogP contribution in [0.1, 0.15) is 35.2 Å². The molecule has 1 atom stereocenters. The Labute approximate surface area is 192 Å². The van der Waals surface area contributed by atoms with E-state index in [-0.39, 0.29) is 11.2 Å². The van der Waals surface area contributed by atoms with Gasteiger partial charge < -0.3 is 19.3 Å². The van der Waals surface area contributed by atoms with Crippen LogP contribution in [0.5, 0.6) is 17.2 Å². The van der Waals surface area contributed by atoms with Gasteiger partial charge >= 0.3 is 5.97 Å². The molecule has 4 rings (SSSR count). The Morgan fingerprint density at radius 2 is 1.84 bits per heavy atom. The van der Waals surface area contributed by atoms with Gasteiger partial charge in [0.25, 0.3) is 0 Å². The van der Waals surface area contributed by atoms with E-state index in [1.807, 2.05) is 36.6 Å². The van der Waals surface area contributed by atoms with E-state index in [2.05, 4.69) is 0 Å². The minimum Gasteiger partial charge on any atom is -0.493 e. The zero-order chi connectivity index (χ0) is 22.9. The Morgan fingerprint density at radius 3 is 2.47 bits per heavy atom. The van der Waals surface area contributed by atoms with Crippen LogP contribution in [0.2, 0.25) is 0 Å². The van der Waals surface area contributed by atoms with Crippen LogP contribution in [0.4, 0.5) is 0 Å². The van der Waals surface area contributed by atoms with Crippen LogP contribution in [0.3, 0.4) is 0 Å². The number of ether oxygens (including phenoxy) is 3. The molecule has 2 aliphatic carbocycles. The third-order valence-corrected chi connectivity index (χ3v) is 7.27. The molecule has 0 radical (unpaired) electrons. The molecule has 1 unspecified atom stereocenters. The lowest BCUT2D eigenvalue weighted by Crippen LogP contribution is -2.32. The number of carboxylic acid groups (broad SMARTS) is 1. The molecule has 0 heterocycles. The number of carbonyl (C=O) groups is 2. The molecule has 6 nitrogen and oxygen atoms in total. The van der Waals surface area contributed by atoms with Crippen LogP contribution in [0.25, 0.3) is 11.1 Å². The third-order valence-electron chi connectivity index (χ3n) is 6.60. The number of aliphatic carboxylic acids is 1. The fourth-order valence-corrected chi connectivity index (χ4v) is 5.37. The van der Waals surface area contributed by atoms with Crippen molar-refractivity contribution in [1.82, 2.24) is 0 Å². The number of fused-ring (bicyclic) bond motifs is 1. The molecule has 2 aliphatic rings. The molecule has 0 aliphatic heterocycles. The standard InChI is InChI=1S/C25H28O6S/c1-29-21-9-7-18(16-4-6-17-15(12-16)5-8-20(17)26)22(23(21)30-2)31-14-25(10-11-25)19(13-32-3)24(27)28/h4,6-7,9,12,19H,5,8,10-11,13-14H2,1-3H3,(H,27,28). The van der Waals surface area contributed by atoms with E-state index in [1.54, 1.807) is 26.0 Å². The van der Waals surface area contributed by atoms with Crippen molar-refractivity contribution in [2.24, 2.45) is 11.3 Å². The molecule has 1 saturated carbocycles. The number of rotatable bonds is 10. The number of carbonyl (C=O) groups excluding carboxylic acids is 1. The molecule has 2 aromatic carbocycles. The Balaban J connectivity index is 1.71. The largest absolute Gasteiger partial charge is 0.493 e. The maximum atomic E-state index is 12.0. The van der Waals surface area contributed by atoms with Gasteiger partial charge in [-0.15, -0.1) is 0 Å². The van der Waals surface area contributed by atoms with Crippen LogP contribution >= 0.6 is 11.8 Å². The summed E-state index contributed by atoms with van der Waals surface area (Å²) in [6.45, 7) is 0.296. The molecule has 1 fully saturated rings. The van der Waals surface area contributed by atoms with Gasteiger partial charge in [-0.2, -0.15) is 11.8 Å². The number of hydrogen-bond donors (Lipinski definition) is 1. The summed E-state index contributed by atoms with van der Waals surface area (Å²) in [5.41, 5.74) is 3.22. The van der Waals surface area contributed by atoms with E-state index >= 15 is 0 Å². The lowest BCUT2D eigenvalue weighted by molar-refractivity contribution is -0.143. The quantitative estimate of drug-likeness (QED) is 0.554. The van der Waals surface area contributed by atoms with Gasteiger partial charge in [-0.3, -0.25) is 9.59 Å². The first-order valence-electron chi connectivity index (χ1n) is 10.7. The van der Waals surface area contributed by atoms with E-state index in [1.165, 1.54) is 0 Å². The number of aryl methyl sites for hydroxylation is 1. The summed E-state index contributed by atoms with van der Waals surface area (Å²) in [6, 6.07) is 9.60. The summed E-state index contributed by atoms with van der Waals surface area (Å²) in [7, 11) is 3.14. The van der Waals surface area contributed by atoms with E-state index in [4.69, 9.17) is 14.2 Å². The minimum atomic E-state index is -0.776. The number of thioether (sulfide) groups is 1. The van der Waals surface area contributed by atoms with Crippen LogP contribution < -0.4 is 14.2 Å². The first-order chi connectivity index (χ1) is 15.4. The predicted molar refractivity (Wildman–Crippen MR) is 124 cm³/mol. The van der Waals surface area contributed by atoms with Crippen molar-refractivity contribution in [3.05, 3.63) is 41.5 Å². The Hall–Kier alpha value is -2.67. The second kappa shape index (κ2) is 9.06. The average molecular weight is 457 g/mol. The molecule has 170 valence electrons. The summed E-state index contributed by atoms with van der Waals surface area (Å²) >= 11 is 1.54. The third kappa shape index (κ3) is 4.06. The first-order valence-corrected chi connectivity index (χ1v) is 12.1. The van der Waals surface area contributed by atoms with E-state index in [0.29, 0.717) is 36.0 Å². The first kappa shape index (κ1) is 22.5. The maximum Gasteiger partial charge on any atom is 0.308 e. The highest BCUT2D eigenvalue weighted by molar-refractivity contribution is 7.98. The molecule has 0 spiro atoms. The summed E-state index contributed by atoms with van der Waals surface area (Å²) in [5, 5.41) is 9.76. The normalized spacial score (nSPS) is 16.9. The van der Waals surface area contributed by atoms with Crippen molar-refractivity contribution < 1.29 is 28.9 Å². The summed E-state index contributed by atoms with van der Waals surface area (Å²) in [4.78, 5) is 23.9. The van der Waals surface area contributed by atoms with Gasteiger partial charge in [-0.05, 0) is 48.8 Å². The van der Waals surface area contributed by atoms with Crippen molar-refractivity contribution in [3.63, 3.8) is 0 Å². The molecule has 0 bridgehead atoms. The zero-order valence-electron chi connectivity index (χ0n) is 18.6. The van der Waals surface area contributed by atoms with Crippen molar-refractivity contribution in [2.45, 2.75) is 25.7 Å². The maximum absolute atomic E-state index is 12.0. The molecule has 0 aromatic heterocycles. The van der Waals surface area contributed by atoms with Crippen LogP contribution in [0, 0.1) is 11.3 Å². The lowest BCUT2D eigenvalue weighted by atomic mass is 9.91. The number of benzene rings is 2.